The van der Waals surface area contributed by atoms with E-state index in [9.17, 15) is 4.39 Å². The zero-order valence-corrected chi connectivity index (χ0v) is 21.5. The van der Waals surface area contributed by atoms with E-state index in [0.717, 1.165) is 28.5 Å². The Balaban J connectivity index is 1.35. The highest BCUT2D eigenvalue weighted by Crippen LogP contribution is 2.25. The minimum absolute atomic E-state index is 0.0720. The lowest BCUT2D eigenvalue weighted by Gasteiger charge is -2.11. The highest BCUT2D eigenvalue weighted by molar-refractivity contribution is 5.77. The number of aromatic nitrogens is 4. The summed E-state index contributed by atoms with van der Waals surface area (Å²) in [5.74, 6) is 0.333. The third-order valence-electron chi connectivity index (χ3n) is 6.33. The molecule has 0 saturated carbocycles. The van der Waals surface area contributed by atoms with Crippen molar-refractivity contribution < 1.29 is 18.3 Å². The molecule has 3 aromatic carbocycles. The van der Waals surface area contributed by atoms with Crippen LogP contribution < -0.4 is 4.74 Å². The Morgan fingerprint density at radius 1 is 0.949 bits per heavy atom. The van der Waals surface area contributed by atoms with Gasteiger partial charge in [-0.15, -0.1) is 0 Å². The van der Waals surface area contributed by atoms with Crippen LogP contribution in [0.15, 0.2) is 66.9 Å². The summed E-state index contributed by atoms with van der Waals surface area (Å²) in [7, 11) is 1.65. The minimum Gasteiger partial charge on any atom is -0.473 e. The van der Waals surface area contributed by atoms with E-state index in [0.29, 0.717) is 36.3 Å². The molecule has 5 rings (SSSR count). The molecule has 0 bridgehead atoms. The Hall–Kier alpha value is -4.68. The van der Waals surface area contributed by atoms with Gasteiger partial charge < -0.3 is 14.0 Å². The van der Waals surface area contributed by atoms with Gasteiger partial charge >= 0.3 is 0 Å². The number of halogens is 2. The number of fused-ring (bicyclic) bond motifs is 1. The van der Waals surface area contributed by atoms with Crippen LogP contribution in [0.5, 0.6) is 5.88 Å². The van der Waals surface area contributed by atoms with Crippen LogP contribution in [-0.2, 0) is 24.3 Å². The molecule has 0 radical (unpaired) electrons. The van der Waals surface area contributed by atoms with Crippen molar-refractivity contribution in [2.24, 2.45) is 0 Å². The van der Waals surface area contributed by atoms with E-state index in [-0.39, 0.29) is 24.0 Å². The maximum atomic E-state index is 15.3. The third-order valence-corrected chi connectivity index (χ3v) is 6.33. The van der Waals surface area contributed by atoms with Gasteiger partial charge in [0.05, 0.1) is 24.2 Å². The topological polar surface area (TPSA) is 66.4 Å². The number of hydrogen-bond acceptors (Lipinski definition) is 5. The van der Waals surface area contributed by atoms with Crippen molar-refractivity contribution >= 4 is 16.7 Å². The predicted molar refractivity (Wildman–Crippen MR) is 144 cm³/mol. The summed E-state index contributed by atoms with van der Waals surface area (Å²) in [5.41, 5.74) is 4.46. The lowest BCUT2D eigenvalue weighted by molar-refractivity contribution is 0.187. The zero-order chi connectivity index (χ0) is 27.4. The Morgan fingerprint density at radius 3 is 2.54 bits per heavy atom. The number of methoxy groups -OCH3 is 1. The Labute approximate surface area is 224 Å². The average molecular weight is 526 g/mol. The number of ether oxygens (including phenoxy) is 2. The molecule has 5 aromatic rings. The lowest BCUT2D eigenvalue weighted by atomic mass is 10.1. The Kier molecular flexibility index (Phi) is 7.57. The van der Waals surface area contributed by atoms with Crippen molar-refractivity contribution in [3.63, 3.8) is 0 Å². The predicted octanol–water partition coefficient (Wildman–Crippen LogP) is 6.45. The second-order valence-electron chi connectivity index (χ2n) is 9.04. The van der Waals surface area contributed by atoms with Crippen LogP contribution in [0.2, 0.25) is 0 Å². The monoisotopic (exact) mass is 525 g/mol. The number of imidazole rings is 1. The first-order valence-corrected chi connectivity index (χ1v) is 12.3. The maximum absolute atomic E-state index is 15.3. The normalized spacial score (nSPS) is 11.1. The Bertz CT molecular complexity index is 1690. The van der Waals surface area contributed by atoms with Gasteiger partial charge in [-0.25, -0.2) is 23.6 Å². The average Bonchev–Trinajstić information content (AvgIpc) is 3.28. The first-order valence-electron chi connectivity index (χ1n) is 12.3. The fourth-order valence-corrected chi connectivity index (χ4v) is 4.29. The van der Waals surface area contributed by atoms with E-state index < -0.39 is 11.6 Å². The van der Waals surface area contributed by atoms with Crippen LogP contribution >= 0.6 is 0 Å². The SMILES string of the molecule is [C-]#[N+]c1ccc(COc2ccnc(-c3ccc(Cc4nc5ccc(C)cc5n4CCOC)c(F)c3)n2)c(F)c1. The van der Waals surface area contributed by atoms with Gasteiger partial charge in [0, 0.05) is 43.5 Å². The van der Waals surface area contributed by atoms with E-state index in [2.05, 4.69) is 25.4 Å². The molecule has 0 saturated heterocycles. The fraction of sp³-hybridized carbons (Fsp3) is 0.200. The van der Waals surface area contributed by atoms with Gasteiger partial charge in [0.2, 0.25) is 5.88 Å². The highest BCUT2D eigenvalue weighted by atomic mass is 19.1. The molecule has 0 spiro atoms. The largest absolute Gasteiger partial charge is 0.473 e. The molecule has 2 heterocycles. The molecule has 0 unspecified atom stereocenters. The molecule has 0 atom stereocenters. The van der Waals surface area contributed by atoms with E-state index in [4.69, 9.17) is 21.0 Å². The smallest absolute Gasteiger partial charge is 0.217 e. The number of nitrogens with zero attached hydrogens (tertiary/aromatic N) is 5. The summed E-state index contributed by atoms with van der Waals surface area (Å²) in [6.07, 6.45) is 1.81. The van der Waals surface area contributed by atoms with Crippen molar-refractivity contribution in [1.82, 2.24) is 19.5 Å². The summed E-state index contributed by atoms with van der Waals surface area (Å²) >= 11 is 0. The van der Waals surface area contributed by atoms with Crippen LogP contribution in [0, 0.1) is 25.1 Å². The number of aryl methyl sites for hydroxylation is 1. The standard InChI is InChI=1S/C30H25F2N5O2/c1-19-4-9-26-27(14-19)37(12-13-38-3)28(35-26)16-20-5-6-21(15-24(20)31)30-34-11-10-29(36-30)39-18-22-7-8-23(33-2)17-25(22)32/h4-11,14-15,17H,12-13,16,18H2,1,3H3. The van der Waals surface area contributed by atoms with Gasteiger partial charge in [-0.05, 0) is 42.3 Å². The molecule has 0 aliphatic heterocycles. The van der Waals surface area contributed by atoms with Crippen LogP contribution in [0.25, 0.3) is 27.3 Å². The van der Waals surface area contributed by atoms with E-state index in [1.54, 1.807) is 25.3 Å². The molecule has 0 N–H and O–H groups in total. The molecular weight excluding hydrogens is 500 g/mol. The van der Waals surface area contributed by atoms with Crippen LogP contribution in [0.4, 0.5) is 14.5 Å². The Morgan fingerprint density at radius 2 is 1.77 bits per heavy atom. The van der Waals surface area contributed by atoms with Crippen molar-refractivity contribution in [1.29, 1.82) is 0 Å². The molecule has 7 nitrogen and oxygen atoms in total. The fourth-order valence-electron chi connectivity index (χ4n) is 4.29. The molecule has 0 amide bonds. The number of hydrogen-bond donors (Lipinski definition) is 0. The summed E-state index contributed by atoms with van der Waals surface area (Å²) in [5, 5.41) is 0. The molecule has 9 heteroatoms. The first kappa shape index (κ1) is 25.9. The highest BCUT2D eigenvalue weighted by Gasteiger charge is 2.15. The quantitative estimate of drug-likeness (QED) is 0.207. The molecule has 0 aliphatic rings. The van der Waals surface area contributed by atoms with Crippen LogP contribution in [0.3, 0.4) is 0 Å². The maximum Gasteiger partial charge on any atom is 0.217 e. The summed E-state index contributed by atoms with van der Waals surface area (Å²) in [6, 6.07) is 16.7. The van der Waals surface area contributed by atoms with Gasteiger partial charge in [-0.2, -0.15) is 4.98 Å². The summed E-state index contributed by atoms with van der Waals surface area (Å²) in [6.45, 7) is 10.1. The number of benzene rings is 3. The first-order chi connectivity index (χ1) is 18.9. The second kappa shape index (κ2) is 11.4. The van der Waals surface area contributed by atoms with E-state index in [1.807, 2.05) is 19.1 Å². The lowest BCUT2D eigenvalue weighted by Crippen LogP contribution is -2.09. The minimum atomic E-state index is -0.527. The summed E-state index contributed by atoms with van der Waals surface area (Å²) in [4.78, 5) is 16.6. The molecule has 196 valence electrons. The van der Waals surface area contributed by atoms with Gasteiger partial charge in [0.1, 0.15) is 24.1 Å². The van der Waals surface area contributed by atoms with Gasteiger partial charge in [-0.1, -0.05) is 30.3 Å². The van der Waals surface area contributed by atoms with Gasteiger partial charge in [0.15, 0.2) is 11.5 Å². The molecule has 0 aliphatic carbocycles. The summed E-state index contributed by atoms with van der Waals surface area (Å²) < 4.78 is 42.5. The van der Waals surface area contributed by atoms with Crippen molar-refractivity contribution in [3.05, 3.63) is 112 Å². The molecule has 0 fully saturated rings. The number of rotatable bonds is 9. The zero-order valence-electron chi connectivity index (χ0n) is 21.5. The van der Waals surface area contributed by atoms with E-state index >= 15 is 4.39 Å². The second-order valence-corrected chi connectivity index (χ2v) is 9.04. The van der Waals surface area contributed by atoms with Crippen LogP contribution in [0.1, 0.15) is 22.5 Å². The van der Waals surface area contributed by atoms with Crippen molar-refractivity contribution in [3.8, 4) is 17.3 Å². The van der Waals surface area contributed by atoms with Gasteiger partial charge in [-0.3, -0.25) is 0 Å². The van der Waals surface area contributed by atoms with Gasteiger partial charge in [0.25, 0.3) is 0 Å². The molecule has 39 heavy (non-hydrogen) atoms. The molecule has 2 aromatic heterocycles. The van der Waals surface area contributed by atoms with Crippen molar-refractivity contribution in [2.45, 2.75) is 26.5 Å². The van der Waals surface area contributed by atoms with Crippen molar-refractivity contribution in [2.75, 3.05) is 13.7 Å². The molecular formula is C30H25F2N5O2. The third kappa shape index (κ3) is 5.76. The van der Waals surface area contributed by atoms with Crippen LogP contribution in [-0.4, -0.2) is 33.2 Å². The van der Waals surface area contributed by atoms with E-state index in [1.165, 1.54) is 24.4 Å².